The van der Waals surface area contributed by atoms with Crippen LogP contribution in [0.3, 0.4) is 0 Å². The average Bonchev–Trinajstić information content (AvgIpc) is 2.54. The molecule has 2 amide bonds. The van der Waals surface area contributed by atoms with Crippen molar-refractivity contribution in [3.05, 3.63) is 0 Å². The van der Waals surface area contributed by atoms with E-state index >= 15 is 0 Å². The Morgan fingerprint density at radius 1 is 1.18 bits per heavy atom. The Balaban J connectivity index is 1.86. The molecule has 2 aliphatic rings. The second kappa shape index (κ2) is 5.17. The number of carbonyl (C=O) groups is 2. The number of piperidine rings is 1. The van der Waals surface area contributed by atoms with Crippen LogP contribution in [0.1, 0.15) is 39.5 Å². The third kappa shape index (κ3) is 2.51. The zero-order valence-electron chi connectivity index (χ0n) is 10.7. The lowest BCUT2D eigenvalue weighted by Gasteiger charge is -2.25. The molecule has 2 aliphatic heterocycles. The van der Waals surface area contributed by atoms with Crippen molar-refractivity contribution >= 4 is 11.8 Å². The molecule has 3 atom stereocenters. The van der Waals surface area contributed by atoms with E-state index in [1.54, 1.807) is 0 Å². The van der Waals surface area contributed by atoms with Gasteiger partial charge in [0.1, 0.15) is 0 Å². The molecule has 2 saturated heterocycles. The van der Waals surface area contributed by atoms with Crippen LogP contribution in [0.4, 0.5) is 0 Å². The summed E-state index contributed by atoms with van der Waals surface area (Å²) in [6.45, 7) is 5.36. The Morgan fingerprint density at radius 3 is 2.35 bits per heavy atom. The number of carbonyl (C=O) groups excluding carboxylic acids is 2. The van der Waals surface area contributed by atoms with Gasteiger partial charge in [0, 0.05) is 24.4 Å². The van der Waals surface area contributed by atoms with E-state index in [2.05, 4.69) is 5.32 Å². The highest BCUT2D eigenvalue weighted by Crippen LogP contribution is 2.25. The fourth-order valence-corrected chi connectivity index (χ4v) is 2.70. The van der Waals surface area contributed by atoms with Crippen LogP contribution in [-0.4, -0.2) is 35.8 Å². The highest BCUT2D eigenvalue weighted by Gasteiger charge is 2.41. The van der Waals surface area contributed by atoms with Crippen LogP contribution in [-0.2, 0) is 9.59 Å². The van der Waals surface area contributed by atoms with Gasteiger partial charge in [-0.2, -0.15) is 0 Å². The van der Waals surface area contributed by atoms with E-state index in [0.717, 1.165) is 13.0 Å². The smallest absolute Gasteiger partial charge is 0.232 e. The van der Waals surface area contributed by atoms with Gasteiger partial charge in [-0.1, -0.05) is 20.3 Å². The maximum atomic E-state index is 11.9. The quantitative estimate of drug-likeness (QED) is 0.751. The van der Waals surface area contributed by atoms with Crippen LogP contribution in [0, 0.1) is 11.8 Å². The van der Waals surface area contributed by atoms with E-state index in [9.17, 15) is 9.59 Å². The summed E-state index contributed by atoms with van der Waals surface area (Å²) in [5.74, 6) is -0.250. The standard InChI is InChI=1S/C13H22N2O2/c1-9-10(2)13(17)15(12(9)16)8-6-11-5-3-4-7-14-11/h9-11,14H,3-8H2,1-2H3. The number of likely N-dealkylation sites (tertiary alicyclic amines) is 1. The summed E-state index contributed by atoms with van der Waals surface area (Å²) in [5.41, 5.74) is 0. The summed E-state index contributed by atoms with van der Waals surface area (Å²) in [6, 6.07) is 0.482. The van der Waals surface area contributed by atoms with Crippen LogP contribution in [0.5, 0.6) is 0 Å². The molecule has 0 aromatic heterocycles. The van der Waals surface area contributed by atoms with Crippen molar-refractivity contribution in [1.82, 2.24) is 10.2 Å². The fraction of sp³-hybridized carbons (Fsp3) is 0.846. The van der Waals surface area contributed by atoms with Gasteiger partial charge in [-0.05, 0) is 25.8 Å². The molecule has 0 aromatic carbocycles. The lowest BCUT2D eigenvalue weighted by atomic mass is 10.00. The average molecular weight is 238 g/mol. The number of nitrogens with zero attached hydrogens (tertiary/aromatic N) is 1. The van der Waals surface area contributed by atoms with Gasteiger partial charge in [-0.3, -0.25) is 14.5 Å². The first-order valence-electron chi connectivity index (χ1n) is 6.70. The Morgan fingerprint density at radius 2 is 1.82 bits per heavy atom. The molecule has 96 valence electrons. The van der Waals surface area contributed by atoms with E-state index in [4.69, 9.17) is 0 Å². The van der Waals surface area contributed by atoms with Gasteiger partial charge in [0.25, 0.3) is 0 Å². The van der Waals surface area contributed by atoms with Crippen LogP contribution in [0.2, 0.25) is 0 Å². The first-order chi connectivity index (χ1) is 8.11. The molecule has 0 radical (unpaired) electrons. The van der Waals surface area contributed by atoms with Gasteiger partial charge in [-0.25, -0.2) is 0 Å². The minimum atomic E-state index is -0.137. The lowest BCUT2D eigenvalue weighted by molar-refractivity contribution is -0.139. The van der Waals surface area contributed by atoms with Crippen molar-refractivity contribution in [3.63, 3.8) is 0 Å². The van der Waals surface area contributed by atoms with Crippen LogP contribution >= 0.6 is 0 Å². The Kier molecular flexibility index (Phi) is 3.82. The monoisotopic (exact) mass is 238 g/mol. The first kappa shape index (κ1) is 12.6. The number of rotatable bonds is 3. The molecule has 0 aromatic rings. The molecule has 4 nitrogen and oxygen atoms in total. The van der Waals surface area contributed by atoms with Gasteiger partial charge < -0.3 is 5.32 Å². The predicted octanol–water partition coefficient (Wildman–Crippen LogP) is 1.16. The van der Waals surface area contributed by atoms with Gasteiger partial charge >= 0.3 is 0 Å². The summed E-state index contributed by atoms with van der Waals surface area (Å²) in [4.78, 5) is 25.2. The molecule has 4 heteroatoms. The second-order valence-electron chi connectivity index (χ2n) is 5.34. The third-order valence-corrected chi connectivity index (χ3v) is 4.17. The van der Waals surface area contributed by atoms with Gasteiger partial charge in [0.15, 0.2) is 0 Å². The van der Waals surface area contributed by atoms with Crippen molar-refractivity contribution in [1.29, 1.82) is 0 Å². The highest BCUT2D eigenvalue weighted by molar-refractivity contribution is 6.04. The van der Waals surface area contributed by atoms with E-state index < -0.39 is 0 Å². The summed E-state index contributed by atoms with van der Waals surface area (Å²) >= 11 is 0. The summed E-state index contributed by atoms with van der Waals surface area (Å²) in [5, 5.41) is 3.45. The Hall–Kier alpha value is -0.900. The molecule has 2 fully saturated rings. The number of hydrogen-bond donors (Lipinski definition) is 1. The largest absolute Gasteiger partial charge is 0.314 e. The molecule has 1 N–H and O–H groups in total. The van der Waals surface area contributed by atoms with Crippen molar-refractivity contribution in [3.8, 4) is 0 Å². The lowest BCUT2D eigenvalue weighted by Crippen LogP contribution is -2.39. The zero-order chi connectivity index (χ0) is 12.4. The van der Waals surface area contributed by atoms with Crippen molar-refractivity contribution < 1.29 is 9.59 Å². The topological polar surface area (TPSA) is 49.4 Å². The minimum absolute atomic E-state index is 0.0123. The van der Waals surface area contributed by atoms with Gasteiger partial charge in [0.05, 0.1) is 0 Å². The van der Waals surface area contributed by atoms with Crippen LogP contribution < -0.4 is 5.32 Å². The maximum absolute atomic E-state index is 11.9. The van der Waals surface area contributed by atoms with Crippen LogP contribution in [0.15, 0.2) is 0 Å². The number of amides is 2. The molecule has 17 heavy (non-hydrogen) atoms. The van der Waals surface area contributed by atoms with E-state index in [1.807, 2.05) is 13.8 Å². The highest BCUT2D eigenvalue weighted by atomic mass is 16.2. The minimum Gasteiger partial charge on any atom is -0.314 e. The van der Waals surface area contributed by atoms with E-state index in [0.29, 0.717) is 12.6 Å². The van der Waals surface area contributed by atoms with Crippen molar-refractivity contribution in [2.45, 2.75) is 45.6 Å². The molecular weight excluding hydrogens is 216 g/mol. The molecule has 0 spiro atoms. The van der Waals surface area contributed by atoms with Crippen LogP contribution in [0.25, 0.3) is 0 Å². The van der Waals surface area contributed by atoms with Crippen molar-refractivity contribution in [2.75, 3.05) is 13.1 Å². The molecule has 2 heterocycles. The SMILES string of the molecule is CC1C(=O)N(CCC2CCCCN2)C(=O)C1C. The summed E-state index contributed by atoms with van der Waals surface area (Å²) in [7, 11) is 0. The number of nitrogens with one attached hydrogen (secondary N) is 1. The van der Waals surface area contributed by atoms with E-state index in [-0.39, 0.29) is 23.7 Å². The number of imide groups is 1. The molecule has 3 unspecified atom stereocenters. The number of hydrogen-bond acceptors (Lipinski definition) is 3. The van der Waals surface area contributed by atoms with Gasteiger partial charge in [-0.15, -0.1) is 0 Å². The predicted molar refractivity (Wildman–Crippen MR) is 65.3 cm³/mol. The molecule has 0 aliphatic carbocycles. The fourth-order valence-electron chi connectivity index (χ4n) is 2.70. The summed E-state index contributed by atoms with van der Waals surface area (Å²) < 4.78 is 0. The van der Waals surface area contributed by atoms with E-state index in [1.165, 1.54) is 24.2 Å². The Bertz CT molecular complexity index is 291. The normalized spacial score (nSPS) is 34.5. The second-order valence-corrected chi connectivity index (χ2v) is 5.34. The molecular formula is C13H22N2O2. The zero-order valence-corrected chi connectivity index (χ0v) is 10.7. The molecule has 0 bridgehead atoms. The maximum Gasteiger partial charge on any atom is 0.232 e. The first-order valence-corrected chi connectivity index (χ1v) is 6.70. The molecule has 2 rings (SSSR count). The third-order valence-electron chi connectivity index (χ3n) is 4.17. The van der Waals surface area contributed by atoms with Gasteiger partial charge in [0.2, 0.25) is 11.8 Å². The molecule has 0 saturated carbocycles. The summed E-state index contributed by atoms with van der Waals surface area (Å²) in [6.07, 6.45) is 4.57. The van der Waals surface area contributed by atoms with Crippen molar-refractivity contribution in [2.24, 2.45) is 11.8 Å². The Labute approximate surface area is 103 Å².